The maximum atomic E-state index is 12.3. The van der Waals surface area contributed by atoms with Crippen molar-refractivity contribution in [2.45, 2.75) is 13.0 Å². The van der Waals surface area contributed by atoms with E-state index in [0.29, 0.717) is 10.6 Å². The van der Waals surface area contributed by atoms with Crippen LogP contribution in [0, 0.1) is 3.57 Å². The van der Waals surface area contributed by atoms with Crippen LogP contribution in [0.2, 0.25) is 5.02 Å². The second-order valence-corrected chi connectivity index (χ2v) is 6.89. The van der Waals surface area contributed by atoms with Crippen LogP contribution in [0.15, 0.2) is 46.9 Å². The molecule has 1 N–H and O–H groups in total. The molecule has 0 saturated carbocycles. The topological polar surface area (TPSA) is 29.1 Å². The van der Waals surface area contributed by atoms with E-state index in [2.05, 4.69) is 43.8 Å². The van der Waals surface area contributed by atoms with Gasteiger partial charge >= 0.3 is 0 Å². The Morgan fingerprint density at radius 1 is 1.25 bits per heavy atom. The van der Waals surface area contributed by atoms with E-state index in [4.69, 9.17) is 11.6 Å². The molecule has 20 heavy (non-hydrogen) atoms. The first-order chi connectivity index (χ1) is 9.47. The number of hydrogen-bond acceptors (Lipinski definition) is 1. The minimum absolute atomic E-state index is 0.0745. The molecule has 0 aliphatic carbocycles. The molecule has 5 heteroatoms. The maximum Gasteiger partial charge on any atom is 0.252 e. The summed E-state index contributed by atoms with van der Waals surface area (Å²) in [6, 6.07) is 13.1. The van der Waals surface area contributed by atoms with Gasteiger partial charge in [0.25, 0.3) is 5.91 Å². The minimum atomic E-state index is -0.0850. The first-order valence-corrected chi connectivity index (χ1v) is 8.23. The molecule has 0 fully saturated rings. The lowest BCUT2D eigenvalue weighted by atomic mass is 10.1. The number of rotatable bonds is 3. The summed E-state index contributed by atoms with van der Waals surface area (Å²) in [6.45, 7) is 1.95. The van der Waals surface area contributed by atoms with Crippen molar-refractivity contribution < 1.29 is 4.79 Å². The molecule has 2 aromatic carbocycles. The van der Waals surface area contributed by atoms with Crippen molar-refractivity contribution in [3.63, 3.8) is 0 Å². The van der Waals surface area contributed by atoms with Gasteiger partial charge < -0.3 is 5.32 Å². The third-order valence-corrected chi connectivity index (χ3v) is 4.58. The highest BCUT2D eigenvalue weighted by Crippen LogP contribution is 2.20. The number of nitrogens with one attached hydrogen (secondary N) is 1. The van der Waals surface area contributed by atoms with Gasteiger partial charge in [-0.25, -0.2) is 0 Å². The quantitative estimate of drug-likeness (QED) is 0.622. The molecule has 2 nitrogen and oxygen atoms in total. The van der Waals surface area contributed by atoms with E-state index in [9.17, 15) is 4.79 Å². The molecule has 1 amide bonds. The maximum absolute atomic E-state index is 12.3. The molecule has 0 saturated heterocycles. The zero-order valence-electron chi connectivity index (χ0n) is 10.7. The number of carbonyl (C=O) groups is 1. The van der Waals surface area contributed by atoms with Crippen LogP contribution in [0.4, 0.5) is 0 Å². The molecule has 2 aromatic rings. The standard InChI is InChI=1S/C15H12BrClINO/c1-9(10-2-5-12(17)6-3-10)19-15(20)13-8-11(16)4-7-14(13)18/h2-9H,1H3,(H,19,20). The fourth-order valence-electron chi connectivity index (χ4n) is 1.78. The van der Waals surface area contributed by atoms with Crippen LogP contribution in [0.3, 0.4) is 0 Å². The smallest absolute Gasteiger partial charge is 0.252 e. The van der Waals surface area contributed by atoms with E-state index < -0.39 is 0 Å². The third-order valence-electron chi connectivity index (χ3n) is 2.89. The van der Waals surface area contributed by atoms with Crippen LogP contribution >= 0.6 is 50.1 Å². The van der Waals surface area contributed by atoms with Crippen LogP contribution < -0.4 is 5.32 Å². The molecule has 0 aromatic heterocycles. The van der Waals surface area contributed by atoms with Gasteiger partial charge in [-0.05, 0) is 65.4 Å². The van der Waals surface area contributed by atoms with Crippen LogP contribution in [-0.4, -0.2) is 5.91 Å². The first kappa shape index (κ1) is 15.8. The summed E-state index contributed by atoms with van der Waals surface area (Å²) in [7, 11) is 0. The highest BCUT2D eigenvalue weighted by Gasteiger charge is 2.14. The predicted octanol–water partition coefficient (Wildman–Crippen LogP) is 5.20. The largest absolute Gasteiger partial charge is 0.345 e. The molecule has 0 spiro atoms. The van der Waals surface area contributed by atoms with E-state index in [-0.39, 0.29) is 11.9 Å². The summed E-state index contributed by atoms with van der Waals surface area (Å²) in [5.74, 6) is -0.0850. The van der Waals surface area contributed by atoms with Crippen LogP contribution in [0.25, 0.3) is 0 Å². The Morgan fingerprint density at radius 3 is 2.55 bits per heavy atom. The molecular formula is C15H12BrClINO. The van der Waals surface area contributed by atoms with Gasteiger partial charge in [0.15, 0.2) is 0 Å². The van der Waals surface area contributed by atoms with Crippen molar-refractivity contribution in [2.75, 3.05) is 0 Å². The third kappa shape index (κ3) is 3.96. The fourth-order valence-corrected chi connectivity index (χ4v) is 2.85. The average molecular weight is 465 g/mol. The molecule has 0 aliphatic rings. The molecule has 0 radical (unpaired) electrons. The van der Waals surface area contributed by atoms with Crippen LogP contribution in [0.1, 0.15) is 28.9 Å². The van der Waals surface area contributed by atoms with Crippen LogP contribution in [0.5, 0.6) is 0 Å². The van der Waals surface area contributed by atoms with Crippen molar-refractivity contribution in [1.82, 2.24) is 5.32 Å². The lowest BCUT2D eigenvalue weighted by Gasteiger charge is -2.15. The fraction of sp³-hybridized carbons (Fsp3) is 0.133. The lowest BCUT2D eigenvalue weighted by Crippen LogP contribution is -2.27. The molecule has 0 aliphatic heterocycles. The summed E-state index contributed by atoms with van der Waals surface area (Å²) in [5, 5.41) is 3.68. The van der Waals surface area contributed by atoms with E-state index in [1.54, 1.807) is 0 Å². The Bertz CT molecular complexity index is 630. The number of amides is 1. The molecular weight excluding hydrogens is 452 g/mol. The molecule has 104 valence electrons. The van der Waals surface area contributed by atoms with E-state index in [1.807, 2.05) is 49.4 Å². The van der Waals surface area contributed by atoms with Crippen molar-refractivity contribution in [3.05, 3.63) is 66.7 Å². The van der Waals surface area contributed by atoms with Gasteiger partial charge in [-0.3, -0.25) is 4.79 Å². The predicted molar refractivity (Wildman–Crippen MR) is 94.2 cm³/mol. The van der Waals surface area contributed by atoms with Crippen molar-refractivity contribution in [1.29, 1.82) is 0 Å². The monoisotopic (exact) mass is 463 g/mol. The van der Waals surface area contributed by atoms with Gasteiger partial charge in [0.2, 0.25) is 0 Å². The summed E-state index contributed by atoms with van der Waals surface area (Å²) in [6.07, 6.45) is 0. The van der Waals surface area contributed by atoms with Gasteiger partial charge in [0, 0.05) is 13.1 Å². The molecule has 0 heterocycles. The van der Waals surface area contributed by atoms with Crippen molar-refractivity contribution in [2.24, 2.45) is 0 Å². The zero-order valence-corrected chi connectivity index (χ0v) is 15.2. The summed E-state index contributed by atoms with van der Waals surface area (Å²) in [4.78, 5) is 12.3. The Labute approximate surface area is 145 Å². The highest BCUT2D eigenvalue weighted by atomic mass is 127. The average Bonchev–Trinajstić information content (AvgIpc) is 2.42. The SMILES string of the molecule is CC(NC(=O)c1cc(Br)ccc1I)c1ccc(Cl)cc1. The molecule has 0 bridgehead atoms. The Balaban J connectivity index is 2.15. The van der Waals surface area contributed by atoms with E-state index >= 15 is 0 Å². The number of halogens is 3. The van der Waals surface area contributed by atoms with Gasteiger partial charge in [0.1, 0.15) is 0 Å². The number of hydrogen-bond donors (Lipinski definition) is 1. The lowest BCUT2D eigenvalue weighted by molar-refractivity contribution is 0.0939. The van der Waals surface area contributed by atoms with E-state index in [0.717, 1.165) is 13.6 Å². The Morgan fingerprint density at radius 2 is 1.90 bits per heavy atom. The molecule has 2 rings (SSSR count). The second-order valence-electron chi connectivity index (χ2n) is 4.37. The minimum Gasteiger partial charge on any atom is -0.345 e. The van der Waals surface area contributed by atoms with Crippen molar-refractivity contribution >= 4 is 56.0 Å². The van der Waals surface area contributed by atoms with Gasteiger partial charge in [-0.2, -0.15) is 0 Å². The van der Waals surface area contributed by atoms with E-state index in [1.165, 1.54) is 0 Å². The van der Waals surface area contributed by atoms with Gasteiger partial charge in [0.05, 0.1) is 11.6 Å². The van der Waals surface area contributed by atoms with Gasteiger partial charge in [-0.1, -0.05) is 39.7 Å². The second kappa shape index (κ2) is 6.91. The summed E-state index contributed by atoms with van der Waals surface area (Å²) in [5.41, 5.74) is 1.69. The summed E-state index contributed by atoms with van der Waals surface area (Å²) >= 11 is 11.4. The normalized spacial score (nSPS) is 12.0. The first-order valence-electron chi connectivity index (χ1n) is 5.99. The van der Waals surface area contributed by atoms with Crippen LogP contribution in [-0.2, 0) is 0 Å². The molecule has 1 atom stereocenters. The highest BCUT2D eigenvalue weighted by molar-refractivity contribution is 14.1. The number of carbonyl (C=O) groups excluding carboxylic acids is 1. The van der Waals surface area contributed by atoms with Crippen molar-refractivity contribution in [3.8, 4) is 0 Å². The van der Waals surface area contributed by atoms with Gasteiger partial charge in [-0.15, -0.1) is 0 Å². The Hall–Kier alpha value is -0.590. The number of benzene rings is 2. The summed E-state index contributed by atoms with van der Waals surface area (Å²) < 4.78 is 1.81. The molecule has 1 unspecified atom stereocenters. The zero-order chi connectivity index (χ0) is 14.7. The Kier molecular flexibility index (Phi) is 5.46.